The summed E-state index contributed by atoms with van der Waals surface area (Å²) >= 11 is 12.0. The average molecular weight is 420 g/mol. The number of carbonyl (C=O) groups is 2. The van der Waals surface area contributed by atoms with Crippen molar-refractivity contribution in [3.05, 3.63) is 63.3 Å². The van der Waals surface area contributed by atoms with Crippen molar-refractivity contribution in [2.24, 2.45) is 0 Å². The quantitative estimate of drug-likeness (QED) is 0.562. The fourth-order valence-electron chi connectivity index (χ4n) is 3.55. The molecule has 3 rings (SSSR count). The summed E-state index contributed by atoms with van der Waals surface area (Å²) in [6.45, 7) is 3.61. The molecule has 0 fully saturated rings. The van der Waals surface area contributed by atoms with E-state index in [1.165, 1.54) is 16.7 Å². The largest absolute Gasteiger partial charge is 0.506 e. The lowest BCUT2D eigenvalue weighted by Gasteiger charge is -2.13. The van der Waals surface area contributed by atoms with E-state index < -0.39 is 11.9 Å². The lowest BCUT2D eigenvalue weighted by atomic mass is 9.92. The minimum atomic E-state index is -0.975. The summed E-state index contributed by atoms with van der Waals surface area (Å²) in [5.74, 6) is -2.26. The molecule has 3 aromatic rings. The van der Waals surface area contributed by atoms with Crippen molar-refractivity contribution < 1.29 is 19.8 Å². The Labute approximate surface area is 172 Å². The van der Waals surface area contributed by atoms with E-state index in [2.05, 4.69) is 0 Å². The van der Waals surface area contributed by atoms with Crippen LogP contribution in [-0.4, -0.2) is 26.7 Å². The number of halogens is 2. The zero-order valence-corrected chi connectivity index (χ0v) is 16.9. The summed E-state index contributed by atoms with van der Waals surface area (Å²) in [4.78, 5) is 25.1. The Morgan fingerprint density at radius 1 is 1.14 bits per heavy atom. The molecule has 146 valence electrons. The molecule has 0 spiro atoms. The lowest BCUT2D eigenvalue weighted by Crippen LogP contribution is -2.16. The molecule has 0 aliphatic heterocycles. The summed E-state index contributed by atoms with van der Waals surface area (Å²) in [7, 11) is 0. The number of hydrogen-bond acceptors (Lipinski definition) is 3. The number of nitrogens with zero attached hydrogens (tertiary/aromatic N) is 1. The van der Waals surface area contributed by atoms with Crippen LogP contribution in [0.15, 0.2) is 36.4 Å². The van der Waals surface area contributed by atoms with Crippen molar-refractivity contribution in [1.82, 2.24) is 4.57 Å². The molecule has 1 heterocycles. The SMILES string of the molecule is CCCC(C(=O)O)c1c(C)n(C(=O)c2ccc(Cl)cc2)c2cc(Cl)c(O)cc12. The fourth-order valence-corrected chi connectivity index (χ4v) is 3.84. The number of phenols is 1. The van der Waals surface area contributed by atoms with Crippen LogP contribution in [-0.2, 0) is 4.79 Å². The van der Waals surface area contributed by atoms with E-state index in [9.17, 15) is 19.8 Å². The van der Waals surface area contributed by atoms with Gasteiger partial charge < -0.3 is 10.2 Å². The Kier molecular flexibility index (Phi) is 5.68. The molecule has 0 amide bonds. The molecule has 0 saturated carbocycles. The van der Waals surface area contributed by atoms with Crippen LogP contribution in [0.4, 0.5) is 0 Å². The molecule has 2 N–H and O–H groups in total. The van der Waals surface area contributed by atoms with Gasteiger partial charge >= 0.3 is 5.97 Å². The third-order valence-electron chi connectivity index (χ3n) is 4.84. The highest BCUT2D eigenvalue weighted by Crippen LogP contribution is 2.39. The third-order valence-corrected chi connectivity index (χ3v) is 5.39. The molecule has 1 aromatic heterocycles. The highest BCUT2D eigenvalue weighted by Gasteiger charge is 2.29. The Morgan fingerprint density at radius 2 is 1.79 bits per heavy atom. The van der Waals surface area contributed by atoms with Gasteiger partial charge in [0.15, 0.2) is 0 Å². The predicted molar refractivity (Wildman–Crippen MR) is 110 cm³/mol. The summed E-state index contributed by atoms with van der Waals surface area (Å²) in [5.41, 5.74) is 1.89. The zero-order valence-electron chi connectivity index (χ0n) is 15.4. The van der Waals surface area contributed by atoms with Gasteiger partial charge in [-0.2, -0.15) is 0 Å². The normalized spacial score (nSPS) is 12.3. The number of aromatic nitrogens is 1. The van der Waals surface area contributed by atoms with Gasteiger partial charge in [-0.15, -0.1) is 0 Å². The van der Waals surface area contributed by atoms with Crippen LogP contribution >= 0.6 is 23.2 Å². The molecule has 7 heteroatoms. The Bertz CT molecular complexity index is 1070. The van der Waals surface area contributed by atoms with E-state index in [-0.39, 0.29) is 16.7 Å². The Balaban J connectivity index is 2.32. The molecular weight excluding hydrogens is 401 g/mol. The standard InChI is InChI=1S/C21H19Cl2NO4/c1-3-4-14(21(27)28)19-11(2)24(17-10-16(23)18(25)9-15(17)19)20(26)12-5-7-13(22)8-6-12/h5-10,14,25H,3-4H2,1-2H3,(H,27,28). The Hall–Kier alpha value is -2.50. The number of carboxylic acid groups (broad SMARTS) is 1. The highest BCUT2D eigenvalue weighted by atomic mass is 35.5. The Morgan fingerprint density at radius 3 is 2.36 bits per heavy atom. The first-order chi connectivity index (χ1) is 13.3. The highest BCUT2D eigenvalue weighted by molar-refractivity contribution is 6.33. The van der Waals surface area contributed by atoms with Gasteiger partial charge in [-0.3, -0.25) is 14.2 Å². The number of carboxylic acids is 1. The van der Waals surface area contributed by atoms with Crippen LogP contribution in [0, 0.1) is 6.92 Å². The van der Waals surface area contributed by atoms with Gasteiger partial charge in [-0.1, -0.05) is 36.5 Å². The molecule has 1 atom stereocenters. The zero-order chi connectivity index (χ0) is 20.6. The van der Waals surface area contributed by atoms with Crippen molar-refractivity contribution in [1.29, 1.82) is 0 Å². The molecule has 0 aliphatic rings. The van der Waals surface area contributed by atoms with Crippen LogP contribution < -0.4 is 0 Å². The van der Waals surface area contributed by atoms with Crippen molar-refractivity contribution in [3.8, 4) is 5.75 Å². The van der Waals surface area contributed by atoms with Gasteiger partial charge in [-0.25, -0.2) is 0 Å². The van der Waals surface area contributed by atoms with Gasteiger partial charge in [0, 0.05) is 21.7 Å². The monoisotopic (exact) mass is 419 g/mol. The topological polar surface area (TPSA) is 79.5 Å². The molecule has 0 aliphatic carbocycles. The van der Waals surface area contributed by atoms with E-state index in [1.807, 2.05) is 6.92 Å². The van der Waals surface area contributed by atoms with E-state index in [0.717, 1.165) is 0 Å². The second-order valence-electron chi connectivity index (χ2n) is 6.65. The maximum Gasteiger partial charge on any atom is 0.311 e. The fraction of sp³-hybridized carbons (Fsp3) is 0.238. The molecule has 0 bridgehead atoms. The first kappa shape index (κ1) is 20.2. The van der Waals surface area contributed by atoms with Crippen LogP contribution in [0.5, 0.6) is 5.75 Å². The van der Waals surface area contributed by atoms with Gasteiger partial charge in [0.25, 0.3) is 5.91 Å². The van der Waals surface area contributed by atoms with Crippen LogP contribution in [0.1, 0.15) is 47.3 Å². The minimum Gasteiger partial charge on any atom is -0.506 e. The number of rotatable bonds is 5. The maximum atomic E-state index is 13.2. The second kappa shape index (κ2) is 7.86. The molecular formula is C21H19Cl2NO4. The van der Waals surface area contributed by atoms with E-state index in [4.69, 9.17) is 23.2 Å². The average Bonchev–Trinajstić information content (AvgIpc) is 2.91. The second-order valence-corrected chi connectivity index (χ2v) is 7.49. The molecule has 0 radical (unpaired) electrons. The molecule has 2 aromatic carbocycles. The van der Waals surface area contributed by atoms with Crippen LogP contribution in [0.25, 0.3) is 10.9 Å². The number of fused-ring (bicyclic) bond motifs is 1. The number of aliphatic carboxylic acids is 1. The van der Waals surface area contributed by atoms with Crippen molar-refractivity contribution >= 4 is 46.0 Å². The van der Waals surface area contributed by atoms with Crippen molar-refractivity contribution in [2.45, 2.75) is 32.6 Å². The van der Waals surface area contributed by atoms with E-state index >= 15 is 0 Å². The smallest absolute Gasteiger partial charge is 0.311 e. The number of benzene rings is 2. The number of carbonyl (C=O) groups excluding carboxylic acids is 1. The van der Waals surface area contributed by atoms with Crippen LogP contribution in [0.3, 0.4) is 0 Å². The summed E-state index contributed by atoms with van der Waals surface area (Å²) in [6, 6.07) is 9.37. The number of hydrogen-bond donors (Lipinski definition) is 2. The molecule has 28 heavy (non-hydrogen) atoms. The first-order valence-corrected chi connectivity index (χ1v) is 9.58. The first-order valence-electron chi connectivity index (χ1n) is 8.82. The molecule has 1 unspecified atom stereocenters. The van der Waals surface area contributed by atoms with Crippen LogP contribution in [0.2, 0.25) is 10.0 Å². The third kappa shape index (κ3) is 3.48. The summed E-state index contributed by atoms with van der Waals surface area (Å²) in [6.07, 6.45) is 1.07. The van der Waals surface area contributed by atoms with Crippen molar-refractivity contribution in [2.75, 3.05) is 0 Å². The minimum absolute atomic E-state index is 0.0871. The molecule has 5 nitrogen and oxygen atoms in total. The van der Waals surface area contributed by atoms with Crippen molar-refractivity contribution in [3.63, 3.8) is 0 Å². The van der Waals surface area contributed by atoms with Gasteiger partial charge in [0.2, 0.25) is 0 Å². The predicted octanol–water partition coefficient (Wildman–Crippen LogP) is 5.62. The van der Waals surface area contributed by atoms with Gasteiger partial charge in [0.05, 0.1) is 16.5 Å². The van der Waals surface area contributed by atoms with Gasteiger partial charge in [0.1, 0.15) is 5.75 Å². The number of aromatic hydroxyl groups is 1. The molecule has 0 saturated heterocycles. The lowest BCUT2D eigenvalue weighted by molar-refractivity contribution is -0.139. The number of phenolic OH excluding ortho intramolecular Hbond substituents is 1. The van der Waals surface area contributed by atoms with E-state index in [1.54, 1.807) is 31.2 Å². The maximum absolute atomic E-state index is 13.2. The summed E-state index contributed by atoms with van der Waals surface area (Å²) in [5, 5.41) is 21.0. The summed E-state index contributed by atoms with van der Waals surface area (Å²) < 4.78 is 1.45. The van der Waals surface area contributed by atoms with E-state index in [0.29, 0.717) is 45.6 Å². The van der Waals surface area contributed by atoms with Gasteiger partial charge in [-0.05, 0) is 55.3 Å².